The third kappa shape index (κ3) is 3.55. The fourth-order valence-electron chi connectivity index (χ4n) is 3.52. The first kappa shape index (κ1) is 17.6. The van der Waals surface area contributed by atoms with Crippen molar-refractivity contribution in [3.63, 3.8) is 0 Å². The summed E-state index contributed by atoms with van der Waals surface area (Å²) >= 11 is 12.1. The molecule has 2 saturated heterocycles. The molecule has 0 aliphatic carbocycles. The molecule has 3 rings (SSSR count). The Morgan fingerprint density at radius 3 is 2.46 bits per heavy atom. The number of carbonyl (C=O) groups excluding carboxylic acids is 2. The average Bonchev–Trinajstić information content (AvgIpc) is 3.04. The van der Waals surface area contributed by atoms with Gasteiger partial charge in [-0.05, 0) is 49.8 Å². The molecule has 24 heavy (non-hydrogen) atoms. The third-order valence-electron chi connectivity index (χ3n) is 5.06. The first-order chi connectivity index (χ1) is 11.5. The molecule has 0 aromatic heterocycles. The topological polar surface area (TPSA) is 40.6 Å². The molecule has 2 aliphatic heterocycles. The Labute approximate surface area is 152 Å². The van der Waals surface area contributed by atoms with Crippen LogP contribution in [0.5, 0.6) is 0 Å². The molecular formula is C18H22Cl2N2O2. The first-order valence-electron chi connectivity index (χ1n) is 8.52. The van der Waals surface area contributed by atoms with Gasteiger partial charge >= 0.3 is 0 Å². The lowest BCUT2D eigenvalue weighted by Crippen LogP contribution is -2.49. The van der Waals surface area contributed by atoms with E-state index in [1.807, 2.05) is 4.90 Å². The van der Waals surface area contributed by atoms with Gasteiger partial charge in [0.2, 0.25) is 5.91 Å². The standard InChI is InChI=1S/C18H22Cl2N2O2/c1-12-6-9-21(10-7-12)18(24)16-3-2-8-22(16)17(23)14-5-4-13(19)11-15(14)20/h4-5,11-12,16H,2-3,6-10H2,1H3/t16-/m0/s1. The number of amides is 2. The predicted molar refractivity (Wildman–Crippen MR) is 95.5 cm³/mol. The Kier molecular flexibility index (Phi) is 5.36. The SMILES string of the molecule is CC1CCN(C(=O)[C@@H]2CCCN2C(=O)c2ccc(Cl)cc2Cl)CC1. The van der Waals surface area contributed by atoms with Crippen molar-refractivity contribution >= 4 is 35.0 Å². The van der Waals surface area contributed by atoms with E-state index in [0.29, 0.717) is 28.1 Å². The molecule has 0 N–H and O–H groups in total. The molecule has 2 heterocycles. The lowest BCUT2D eigenvalue weighted by Gasteiger charge is -2.34. The van der Waals surface area contributed by atoms with Crippen LogP contribution in [0.25, 0.3) is 0 Å². The van der Waals surface area contributed by atoms with Gasteiger partial charge in [0.25, 0.3) is 5.91 Å². The first-order valence-corrected chi connectivity index (χ1v) is 9.28. The average molecular weight is 369 g/mol. The fourth-order valence-corrected chi connectivity index (χ4v) is 4.01. The number of nitrogens with zero attached hydrogens (tertiary/aromatic N) is 2. The molecule has 6 heteroatoms. The van der Waals surface area contributed by atoms with Gasteiger partial charge in [-0.25, -0.2) is 0 Å². The quantitative estimate of drug-likeness (QED) is 0.794. The van der Waals surface area contributed by atoms with Crippen molar-refractivity contribution in [2.24, 2.45) is 5.92 Å². The zero-order valence-electron chi connectivity index (χ0n) is 13.8. The molecular weight excluding hydrogens is 347 g/mol. The number of rotatable bonds is 2. The molecule has 1 atom stereocenters. The number of carbonyl (C=O) groups is 2. The van der Waals surface area contributed by atoms with Crippen LogP contribution in [-0.4, -0.2) is 47.3 Å². The monoisotopic (exact) mass is 368 g/mol. The summed E-state index contributed by atoms with van der Waals surface area (Å²) in [5.74, 6) is 0.568. The van der Waals surface area contributed by atoms with Gasteiger partial charge in [0.05, 0.1) is 10.6 Å². The van der Waals surface area contributed by atoms with Crippen LogP contribution in [0.4, 0.5) is 0 Å². The highest BCUT2D eigenvalue weighted by molar-refractivity contribution is 6.36. The van der Waals surface area contributed by atoms with Crippen LogP contribution in [0.2, 0.25) is 10.0 Å². The number of piperidine rings is 1. The van der Waals surface area contributed by atoms with Gasteiger partial charge in [-0.2, -0.15) is 0 Å². The smallest absolute Gasteiger partial charge is 0.256 e. The van der Waals surface area contributed by atoms with Crippen molar-refractivity contribution in [3.8, 4) is 0 Å². The zero-order valence-corrected chi connectivity index (χ0v) is 15.3. The Hall–Kier alpha value is -1.26. The van der Waals surface area contributed by atoms with Crippen LogP contribution in [-0.2, 0) is 4.79 Å². The van der Waals surface area contributed by atoms with Gasteiger partial charge in [0, 0.05) is 24.7 Å². The predicted octanol–water partition coefficient (Wildman–Crippen LogP) is 3.86. The van der Waals surface area contributed by atoms with Crippen molar-refractivity contribution in [2.75, 3.05) is 19.6 Å². The minimum atomic E-state index is -0.363. The van der Waals surface area contributed by atoms with E-state index in [2.05, 4.69) is 6.92 Å². The van der Waals surface area contributed by atoms with E-state index in [4.69, 9.17) is 23.2 Å². The summed E-state index contributed by atoms with van der Waals surface area (Å²) in [6.45, 7) is 4.40. The molecule has 4 nitrogen and oxygen atoms in total. The lowest BCUT2D eigenvalue weighted by molar-refractivity contribution is -0.136. The Morgan fingerprint density at radius 1 is 1.08 bits per heavy atom. The van der Waals surface area contributed by atoms with E-state index in [1.165, 1.54) is 0 Å². The Balaban J connectivity index is 1.75. The highest BCUT2D eigenvalue weighted by Crippen LogP contribution is 2.28. The summed E-state index contributed by atoms with van der Waals surface area (Å²) in [6.07, 6.45) is 3.64. The lowest BCUT2D eigenvalue weighted by atomic mass is 9.98. The van der Waals surface area contributed by atoms with Crippen molar-refractivity contribution < 1.29 is 9.59 Å². The number of hydrogen-bond acceptors (Lipinski definition) is 2. The van der Waals surface area contributed by atoms with E-state index < -0.39 is 0 Å². The van der Waals surface area contributed by atoms with Gasteiger partial charge in [-0.1, -0.05) is 30.1 Å². The second-order valence-corrected chi connectivity index (χ2v) is 7.63. The normalized spacial score (nSPS) is 22.0. The molecule has 0 radical (unpaired) electrons. The van der Waals surface area contributed by atoms with E-state index in [-0.39, 0.29) is 17.9 Å². The molecule has 2 fully saturated rings. The number of likely N-dealkylation sites (tertiary alicyclic amines) is 2. The summed E-state index contributed by atoms with van der Waals surface area (Å²) in [7, 11) is 0. The number of benzene rings is 1. The fraction of sp³-hybridized carbons (Fsp3) is 0.556. The van der Waals surface area contributed by atoms with Gasteiger partial charge in [0.1, 0.15) is 6.04 Å². The van der Waals surface area contributed by atoms with Gasteiger partial charge < -0.3 is 9.80 Å². The van der Waals surface area contributed by atoms with E-state index in [0.717, 1.165) is 38.8 Å². The molecule has 1 aromatic rings. The van der Waals surface area contributed by atoms with Crippen molar-refractivity contribution in [1.82, 2.24) is 9.80 Å². The summed E-state index contributed by atoms with van der Waals surface area (Å²) in [6, 6.07) is 4.49. The summed E-state index contributed by atoms with van der Waals surface area (Å²) in [5.41, 5.74) is 0.410. The van der Waals surface area contributed by atoms with Crippen LogP contribution in [0, 0.1) is 5.92 Å². The summed E-state index contributed by atoms with van der Waals surface area (Å²) in [5, 5.41) is 0.824. The maximum Gasteiger partial charge on any atom is 0.256 e. The minimum Gasteiger partial charge on any atom is -0.341 e. The van der Waals surface area contributed by atoms with Crippen LogP contribution < -0.4 is 0 Å². The minimum absolute atomic E-state index is 0.0813. The van der Waals surface area contributed by atoms with Crippen molar-refractivity contribution in [3.05, 3.63) is 33.8 Å². The van der Waals surface area contributed by atoms with E-state index in [1.54, 1.807) is 23.1 Å². The summed E-state index contributed by atoms with van der Waals surface area (Å²) < 4.78 is 0. The number of hydrogen-bond donors (Lipinski definition) is 0. The third-order valence-corrected chi connectivity index (χ3v) is 5.60. The second kappa shape index (κ2) is 7.32. The maximum atomic E-state index is 12.9. The molecule has 0 saturated carbocycles. The molecule has 2 amide bonds. The van der Waals surface area contributed by atoms with Crippen molar-refractivity contribution in [1.29, 1.82) is 0 Å². The van der Waals surface area contributed by atoms with Crippen molar-refractivity contribution in [2.45, 2.75) is 38.6 Å². The van der Waals surface area contributed by atoms with Crippen LogP contribution in [0.15, 0.2) is 18.2 Å². The molecule has 130 valence electrons. The summed E-state index contributed by atoms with van der Waals surface area (Å²) in [4.78, 5) is 29.3. The van der Waals surface area contributed by atoms with E-state index >= 15 is 0 Å². The van der Waals surface area contributed by atoms with Gasteiger partial charge in [0.15, 0.2) is 0 Å². The Bertz CT molecular complexity index is 642. The highest BCUT2D eigenvalue weighted by Gasteiger charge is 2.38. The van der Waals surface area contributed by atoms with Gasteiger partial charge in [-0.15, -0.1) is 0 Å². The van der Waals surface area contributed by atoms with Gasteiger partial charge in [-0.3, -0.25) is 9.59 Å². The van der Waals surface area contributed by atoms with E-state index in [9.17, 15) is 9.59 Å². The maximum absolute atomic E-state index is 12.9. The van der Waals surface area contributed by atoms with Crippen LogP contribution >= 0.6 is 23.2 Å². The molecule has 2 aliphatic rings. The molecule has 0 unspecified atom stereocenters. The van der Waals surface area contributed by atoms with Crippen LogP contribution in [0.3, 0.4) is 0 Å². The molecule has 0 bridgehead atoms. The Morgan fingerprint density at radius 2 is 1.79 bits per heavy atom. The largest absolute Gasteiger partial charge is 0.341 e. The molecule has 1 aromatic carbocycles. The highest BCUT2D eigenvalue weighted by atomic mass is 35.5. The van der Waals surface area contributed by atoms with Crippen LogP contribution in [0.1, 0.15) is 43.0 Å². The number of halogens is 2. The second-order valence-electron chi connectivity index (χ2n) is 6.79. The zero-order chi connectivity index (χ0) is 17.3. The molecule has 0 spiro atoms.